The van der Waals surface area contributed by atoms with E-state index in [1.165, 1.54) is 19.3 Å². The Kier molecular flexibility index (Phi) is 2.67. The van der Waals surface area contributed by atoms with Gasteiger partial charge in [0, 0.05) is 17.9 Å². The second kappa shape index (κ2) is 4.17. The van der Waals surface area contributed by atoms with Gasteiger partial charge in [-0.3, -0.25) is 0 Å². The highest BCUT2D eigenvalue weighted by Crippen LogP contribution is 2.35. The second-order valence-corrected chi connectivity index (χ2v) is 5.20. The summed E-state index contributed by atoms with van der Waals surface area (Å²) in [5, 5.41) is 7.58. The molecular formula is C12H19N3O. The number of aromatic nitrogens is 2. The molecule has 2 aliphatic rings. The molecule has 1 aliphatic carbocycles. The van der Waals surface area contributed by atoms with Gasteiger partial charge in [0.2, 0.25) is 5.89 Å². The Balaban J connectivity index is 1.70. The van der Waals surface area contributed by atoms with E-state index < -0.39 is 0 Å². The molecule has 16 heavy (non-hydrogen) atoms. The van der Waals surface area contributed by atoms with Crippen LogP contribution < -0.4 is 5.32 Å². The fourth-order valence-electron chi connectivity index (χ4n) is 2.60. The average molecular weight is 221 g/mol. The standard InChI is InChI=1S/C12H19N3O/c1-8-7-10(5-6-13-8)12-14-11(15-16-12)9-3-2-4-9/h8-10,13H,2-7H2,1H3. The molecule has 88 valence electrons. The molecule has 3 rings (SSSR count). The average Bonchev–Trinajstić information content (AvgIpc) is 2.64. The van der Waals surface area contributed by atoms with E-state index in [-0.39, 0.29) is 0 Å². The van der Waals surface area contributed by atoms with Crippen LogP contribution in [0.2, 0.25) is 0 Å². The topological polar surface area (TPSA) is 51.0 Å². The Morgan fingerprint density at radius 3 is 2.81 bits per heavy atom. The highest BCUT2D eigenvalue weighted by atomic mass is 16.5. The van der Waals surface area contributed by atoms with Crippen molar-refractivity contribution in [1.82, 2.24) is 15.5 Å². The predicted molar refractivity (Wildman–Crippen MR) is 60.3 cm³/mol. The lowest BCUT2D eigenvalue weighted by Gasteiger charge is -2.25. The van der Waals surface area contributed by atoms with Gasteiger partial charge in [0.1, 0.15) is 0 Å². The highest BCUT2D eigenvalue weighted by molar-refractivity contribution is 5.03. The normalized spacial score (nSPS) is 31.3. The quantitative estimate of drug-likeness (QED) is 0.831. The van der Waals surface area contributed by atoms with Crippen molar-refractivity contribution >= 4 is 0 Å². The van der Waals surface area contributed by atoms with E-state index >= 15 is 0 Å². The van der Waals surface area contributed by atoms with Gasteiger partial charge < -0.3 is 9.84 Å². The maximum absolute atomic E-state index is 5.42. The van der Waals surface area contributed by atoms with E-state index in [4.69, 9.17) is 4.52 Å². The molecule has 0 radical (unpaired) electrons. The lowest BCUT2D eigenvalue weighted by atomic mass is 9.85. The lowest BCUT2D eigenvalue weighted by Crippen LogP contribution is -2.35. The number of hydrogen-bond donors (Lipinski definition) is 1. The summed E-state index contributed by atoms with van der Waals surface area (Å²) in [7, 11) is 0. The predicted octanol–water partition coefficient (Wildman–Crippen LogP) is 2.19. The van der Waals surface area contributed by atoms with E-state index in [1.807, 2.05) is 0 Å². The van der Waals surface area contributed by atoms with E-state index in [2.05, 4.69) is 22.4 Å². The van der Waals surface area contributed by atoms with Gasteiger partial charge in [0.25, 0.3) is 0 Å². The first-order valence-electron chi connectivity index (χ1n) is 6.40. The minimum Gasteiger partial charge on any atom is -0.339 e. The Morgan fingerprint density at radius 2 is 2.12 bits per heavy atom. The van der Waals surface area contributed by atoms with E-state index in [1.54, 1.807) is 0 Å². The Labute approximate surface area is 95.8 Å². The molecule has 1 aromatic heterocycles. The Bertz CT molecular complexity index is 359. The van der Waals surface area contributed by atoms with Crippen molar-refractivity contribution in [3.05, 3.63) is 11.7 Å². The van der Waals surface area contributed by atoms with Crippen LogP contribution in [-0.2, 0) is 0 Å². The lowest BCUT2D eigenvalue weighted by molar-refractivity contribution is 0.291. The smallest absolute Gasteiger partial charge is 0.229 e. The minimum absolute atomic E-state index is 0.470. The third-order valence-electron chi connectivity index (χ3n) is 3.90. The molecular weight excluding hydrogens is 202 g/mol. The molecule has 2 atom stereocenters. The molecule has 1 saturated heterocycles. The van der Waals surface area contributed by atoms with Crippen LogP contribution in [0.1, 0.15) is 62.6 Å². The van der Waals surface area contributed by atoms with Crippen molar-refractivity contribution < 1.29 is 4.52 Å². The van der Waals surface area contributed by atoms with Gasteiger partial charge in [0.05, 0.1) is 0 Å². The summed E-state index contributed by atoms with van der Waals surface area (Å²) < 4.78 is 5.42. The van der Waals surface area contributed by atoms with Gasteiger partial charge >= 0.3 is 0 Å². The third-order valence-corrected chi connectivity index (χ3v) is 3.90. The molecule has 1 N–H and O–H groups in total. The molecule has 1 aromatic rings. The van der Waals surface area contributed by atoms with Crippen molar-refractivity contribution in [2.45, 2.75) is 56.9 Å². The zero-order chi connectivity index (χ0) is 11.0. The summed E-state index contributed by atoms with van der Waals surface area (Å²) in [6.07, 6.45) is 6.03. The first kappa shape index (κ1) is 10.3. The van der Waals surface area contributed by atoms with Crippen molar-refractivity contribution in [3.63, 3.8) is 0 Å². The van der Waals surface area contributed by atoms with Gasteiger partial charge in [-0.1, -0.05) is 11.6 Å². The molecule has 4 heteroatoms. The third kappa shape index (κ3) is 1.86. The van der Waals surface area contributed by atoms with Gasteiger partial charge in [0.15, 0.2) is 5.82 Å². The van der Waals surface area contributed by atoms with Crippen molar-refractivity contribution in [3.8, 4) is 0 Å². The van der Waals surface area contributed by atoms with Gasteiger partial charge in [-0.15, -0.1) is 0 Å². The highest BCUT2D eigenvalue weighted by Gasteiger charge is 2.28. The van der Waals surface area contributed by atoms with Crippen LogP contribution in [0.4, 0.5) is 0 Å². The van der Waals surface area contributed by atoms with Crippen LogP contribution in [-0.4, -0.2) is 22.7 Å². The summed E-state index contributed by atoms with van der Waals surface area (Å²) >= 11 is 0. The molecule has 1 aliphatic heterocycles. The molecule has 0 amide bonds. The second-order valence-electron chi connectivity index (χ2n) is 5.20. The number of nitrogens with one attached hydrogen (secondary N) is 1. The van der Waals surface area contributed by atoms with Gasteiger partial charge in [-0.05, 0) is 39.2 Å². The fourth-order valence-corrected chi connectivity index (χ4v) is 2.60. The first-order chi connectivity index (χ1) is 7.83. The number of hydrogen-bond acceptors (Lipinski definition) is 4. The van der Waals surface area contributed by atoms with Crippen LogP contribution in [0.15, 0.2) is 4.52 Å². The zero-order valence-corrected chi connectivity index (χ0v) is 9.78. The first-order valence-corrected chi connectivity index (χ1v) is 6.40. The number of rotatable bonds is 2. The van der Waals surface area contributed by atoms with Crippen molar-refractivity contribution in [1.29, 1.82) is 0 Å². The largest absolute Gasteiger partial charge is 0.339 e. The monoisotopic (exact) mass is 221 g/mol. The van der Waals surface area contributed by atoms with E-state index in [9.17, 15) is 0 Å². The summed E-state index contributed by atoms with van der Waals surface area (Å²) in [5.74, 6) is 2.87. The van der Waals surface area contributed by atoms with Crippen LogP contribution in [0.5, 0.6) is 0 Å². The molecule has 0 bridgehead atoms. The summed E-state index contributed by atoms with van der Waals surface area (Å²) in [6, 6.07) is 0.567. The van der Waals surface area contributed by atoms with E-state index in [0.29, 0.717) is 17.9 Å². The Morgan fingerprint density at radius 1 is 1.25 bits per heavy atom. The Hall–Kier alpha value is -0.900. The molecule has 2 heterocycles. The van der Waals surface area contributed by atoms with Crippen LogP contribution in [0.3, 0.4) is 0 Å². The molecule has 1 saturated carbocycles. The molecule has 2 unspecified atom stereocenters. The summed E-state index contributed by atoms with van der Waals surface area (Å²) in [4.78, 5) is 4.58. The molecule has 0 spiro atoms. The number of piperidine rings is 1. The fraction of sp³-hybridized carbons (Fsp3) is 0.833. The van der Waals surface area contributed by atoms with Gasteiger partial charge in [-0.2, -0.15) is 4.98 Å². The summed E-state index contributed by atoms with van der Waals surface area (Å²) in [6.45, 7) is 3.28. The van der Waals surface area contributed by atoms with Crippen LogP contribution in [0.25, 0.3) is 0 Å². The van der Waals surface area contributed by atoms with Crippen molar-refractivity contribution in [2.24, 2.45) is 0 Å². The van der Waals surface area contributed by atoms with Crippen LogP contribution >= 0.6 is 0 Å². The maximum atomic E-state index is 5.42. The van der Waals surface area contributed by atoms with Gasteiger partial charge in [-0.25, -0.2) is 0 Å². The zero-order valence-electron chi connectivity index (χ0n) is 9.78. The SMILES string of the molecule is CC1CC(c2nc(C3CCC3)no2)CCN1. The maximum Gasteiger partial charge on any atom is 0.229 e. The summed E-state index contributed by atoms with van der Waals surface area (Å²) in [5.41, 5.74) is 0. The minimum atomic E-state index is 0.470. The number of nitrogens with zero attached hydrogens (tertiary/aromatic N) is 2. The van der Waals surface area contributed by atoms with Crippen molar-refractivity contribution in [2.75, 3.05) is 6.54 Å². The molecule has 0 aromatic carbocycles. The molecule has 2 fully saturated rings. The molecule has 4 nitrogen and oxygen atoms in total. The van der Waals surface area contributed by atoms with E-state index in [0.717, 1.165) is 31.1 Å². The van der Waals surface area contributed by atoms with Crippen LogP contribution in [0, 0.1) is 0 Å².